The summed E-state index contributed by atoms with van der Waals surface area (Å²) in [6, 6.07) is 7.42. The smallest absolute Gasteiger partial charge is 0.370 e. The van der Waals surface area contributed by atoms with Gasteiger partial charge in [0.05, 0.1) is 17.6 Å². The minimum Gasteiger partial charge on any atom is -0.370 e. The minimum absolute atomic E-state index is 0.000952. The third-order valence-electron chi connectivity index (χ3n) is 5.27. The summed E-state index contributed by atoms with van der Waals surface area (Å²) in [7, 11) is 1.69. The van der Waals surface area contributed by atoms with Gasteiger partial charge in [0.2, 0.25) is 0 Å². The molecule has 1 fully saturated rings. The number of ether oxygens (including phenoxy) is 2. The summed E-state index contributed by atoms with van der Waals surface area (Å²) in [5.41, 5.74) is 3.61. The van der Waals surface area contributed by atoms with Gasteiger partial charge in [0, 0.05) is 32.0 Å². The first-order valence-electron chi connectivity index (χ1n) is 9.73. The highest BCUT2D eigenvalue weighted by atomic mass is 19.4. The molecule has 0 radical (unpaired) electrons. The molecule has 1 saturated heterocycles. The predicted octanol–water partition coefficient (Wildman–Crippen LogP) is 4.10. The van der Waals surface area contributed by atoms with E-state index in [0.29, 0.717) is 29.0 Å². The third kappa shape index (κ3) is 4.13. The SMILES string of the molecule is Cc1cc(-c2ccc3nc([C@H]4CCCO4)n(CCOC(F)(F)F)c3c2)cn(C)c1=O. The van der Waals surface area contributed by atoms with Crippen LogP contribution in [0.2, 0.25) is 0 Å². The maximum absolute atomic E-state index is 12.5. The van der Waals surface area contributed by atoms with Gasteiger partial charge in [-0.3, -0.25) is 9.53 Å². The number of hydrogen-bond donors (Lipinski definition) is 0. The maximum atomic E-state index is 12.5. The Morgan fingerprint density at radius 3 is 2.73 bits per heavy atom. The van der Waals surface area contributed by atoms with Crippen LogP contribution in [0.5, 0.6) is 0 Å². The summed E-state index contributed by atoms with van der Waals surface area (Å²) >= 11 is 0. The lowest BCUT2D eigenvalue weighted by Crippen LogP contribution is -2.19. The summed E-state index contributed by atoms with van der Waals surface area (Å²) in [6.07, 6.45) is -1.53. The molecule has 4 rings (SSSR count). The van der Waals surface area contributed by atoms with E-state index in [1.807, 2.05) is 18.2 Å². The molecule has 0 N–H and O–H groups in total. The van der Waals surface area contributed by atoms with Crippen molar-refractivity contribution in [2.24, 2.45) is 7.05 Å². The number of aromatic nitrogens is 3. The van der Waals surface area contributed by atoms with E-state index in [4.69, 9.17) is 4.74 Å². The number of alkyl halides is 3. The van der Waals surface area contributed by atoms with E-state index in [9.17, 15) is 18.0 Å². The Morgan fingerprint density at radius 1 is 1.27 bits per heavy atom. The molecule has 0 saturated carbocycles. The molecule has 0 aliphatic carbocycles. The number of imidazole rings is 1. The van der Waals surface area contributed by atoms with Crippen LogP contribution in [0, 0.1) is 6.92 Å². The van der Waals surface area contributed by atoms with Crippen molar-refractivity contribution < 1.29 is 22.6 Å². The molecule has 0 amide bonds. The van der Waals surface area contributed by atoms with Crippen molar-refractivity contribution in [2.45, 2.75) is 38.8 Å². The number of pyridine rings is 1. The van der Waals surface area contributed by atoms with Crippen molar-refractivity contribution in [2.75, 3.05) is 13.2 Å². The summed E-state index contributed by atoms with van der Waals surface area (Å²) in [5, 5.41) is 0. The Hall–Kier alpha value is -2.65. The molecule has 1 aromatic carbocycles. The molecule has 6 nitrogen and oxygen atoms in total. The van der Waals surface area contributed by atoms with E-state index in [1.54, 1.807) is 30.8 Å². The lowest BCUT2D eigenvalue weighted by atomic mass is 10.1. The molecule has 0 bridgehead atoms. The monoisotopic (exact) mass is 421 g/mol. The average molecular weight is 421 g/mol. The van der Waals surface area contributed by atoms with Crippen molar-refractivity contribution in [1.82, 2.24) is 14.1 Å². The van der Waals surface area contributed by atoms with E-state index in [-0.39, 0.29) is 18.2 Å². The van der Waals surface area contributed by atoms with Gasteiger partial charge in [-0.25, -0.2) is 4.98 Å². The van der Waals surface area contributed by atoms with Crippen LogP contribution in [0.1, 0.15) is 30.3 Å². The molecule has 0 spiro atoms. The molecule has 160 valence electrons. The zero-order chi connectivity index (χ0) is 21.5. The average Bonchev–Trinajstić information content (AvgIpc) is 3.32. The quantitative estimate of drug-likeness (QED) is 0.623. The maximum Gasteiger partial charge on any atom is 0.522 e. The van der Waals surface area contributed by atoms with Gasteiger partial charge in [-0.05, 0) is 49.1 Å². The van der Waals surface area contributed by atoms with E-state index >= 15 is 0 Å². The summed E-state index contributed by atoms with van der Waals surface area (Å²) in [5.74, 6) is 0.613. The zero-order valence-electron chi connectivity index (χ0n) is 16.7. The second-order valence-electron chi connectivity index (χ2n) is 7.45. The second kappa shape index (κ2) is 7.88. The molecular formula is C21H22F3N3O3. The van der Waals surface area contributed by atoms with Crippen LogP contribution >= 0.6 is 0 Å². The number of fused-ring (bicyclic) bond motifs is 1. The van der Waals surface area contributed by atoms with Crippen molar-refractivity contribution >= 4 is 11.0 Å². The third-order valence-corrected chi connectivity index (χ3v) is 5.27. The van der Waals surface area contributed by atoms with Crippen LogP contribution in [0.3, 0.4) is 0 Å². The molecule has 2 aromatic heterocycles. The van der Waals surface area contributed by atoms with Crippen LogP contribution in [0.15, 0.2) is 35.3 Å². The zero-order valence-corrected chi connectivity index (χ0v) is 16.7. The van der Waals surface area contributed by atoms with Crippen LogP contribution in [0.4, 0.5) is 13.2 Å². The van der Waals surface area contributed by atoms with Gasteiger partial charge in [0.25, 0.3) is 5.56 Å². The summed E-state index contributed by atoms with van der Waals surface area (Å²) < 4.78 is 50.5. The highest BCUT2D eigenvalue weighted by Crippen LogP contribution is 2.32. The lowest BCUT2D eigenvalue weighted by Gasteiger charge is -2.15. The topological polar surface area (TPSA) is 58.3 Å². The van der Waals surface area contributed by atoms with E-state index < -0.39 is 13.0 Å². The van der Waals surface area contributed by atoms with Crippen molar-refractivity contribution in [3.05, 3.63) is 52.2 Å². The molecule has 1 aliphatic rings. The minimum atomic E-state index is -4.68. The second-order valence-corrected chi connectivity index (χ2v) is 7.45. The molecule has 3 aromatic rings. The highest BCUT2D eigenvalue weighted by molar-refractivity contribution is 5.82. The molecular weight excluding hydrogens is 399 g/mol. The number of halogens is 3. The Labute approximate surface area is 170 Å². The van der Waals surface area contributed by atoms with Gasteiger partial charge >= 0.3 is 6.36 Å². The van der Waals surface area contributed by atoms with Crippen molar-refractivity contribution in [3.63, 3.8) is 0 Å². The van der Waals surface area contributed by atoms with Crippen molar-refractivity contribution in [3.8, 4) is 11.1 Å². The van der Waals surface area contributed by atoms with E-state index in [2.05, 4.69) is 9.72 Å². The fraction of sp³-hybridized carbons (Fsp3) is 0.429. The highest BCUT2D eigenvalue weighted by Gasteiger charge is 2.30. The summed E-state index contributed by atoms with van der Waals surface area (Å²) in [6.45, 7) is 1.84. The van der Waals surface area contributed by atoms with Crippen LogP contribution in [-0.2, 0) is 23.1 Å². The lowest BCUT2D eigenvalue weighted by molar-refractivity contribution is -0.325. The van der Waals surface area contributed by atoms with E-state index in [0.717, 1.165) is 24.0 Å². The Morgan fingerprint density at radius 2 is 2.07 bits per heavy atom. The number of rotatable bonds is 5. The van der Waals surface area contributed by atoms with Crippen molar-refractivity contribution in [1.29, 1.82) is 0 Å². The molecule has 1 aliphatic heterocycles. The van der Waals surface area contributed by atoms with Crippen LogP contribution in [0.25, 0.3) is 22.2 Å². The first-order valence-corrected chi connectivity index (χ1v) is 9.73. The number of hydrogen-bond acceptors (Lipinski definition) is 4. The number of nitrogens with zero attached hydrogens (tertiary/aromatic N) is 3. The van der Waals surface area contributed by atoms with Gasteiger partial charge < -0.3 is 13.9 Å². The van der Waals surface area contributed by atoms with Gasteiger partial charge in [0.15, 0.2) is 0 Å². The molecule has 3 heterocycles. The Bertz CT molecular complexity index is 1100. The normalized spacial score (nSPS) is 17.2. The molecule has 0 unspecified atom stereocenters. The first-order chi connectivity index (χ1) is 14.2. The van der Waals surface area contributed by atoms with E-state index in [1.165, 1.54) is 4.57 Å². The first kappa shape index (κ1) is 20.6. The molecule has 9 heteroatoms. The number of benzene rings is 1. The predicted molar refractivity (Wildman–Crippen MR) is 105 cm³/mol. The standard InChI is InChI=1S/C21H22F3N3O3/c1-13-10-15(12-26(2)20(13)28)14-5-6-16-17(11-14)27(7-9-30-21(22,23)24)19(25-16)18-4-3-8-29-18/h5-6,10-12,18H,3-4,7-9H2,1-2H3/t18-/m1/s1. The molecule has 1 atom stereocenters. The van der Waals surface area contributed by atoms with Gasteiger partial charge in [-0.15, -0.1) is 13.2 Å². The van der Waals surface area contributed by atoms with Gasteiger partial charge in [-0.2, -0.15) is 0 Å². The van der Waals surface area contributed by atoms with Gasteiger partial charge in [0.1, 0.15) is 11.9 Å². The van der Waals surface area contributed by atoms with Crippen LogP contribution < -0.4 is 5.56 Å². The van der Waals surface area contributed by atoms with Gasteiger partial charge in [-0.1, -0.05) is 6.07 Å². The Balaban J connectivity index is 1.77. The largest absolute Gasteiger partial charge is 0.522 e. The summed E-state index contributed by atoms with van der Waals surface area (Å²) in [4.78, 5) is 16.6. The van der Waals surface area contributed by atoms with Crippen LogP contribution in [-0.4, -0.2) is 33.7 Å². The fourth-order valence-electron chi connectivity index (χ4n) is 3.87. The Kier molecular flexibility index (Phi) is 5.42. The fourth-order valence-corrected chi connectivity index (χ4v) is 3.87. The number of aryl methyl sites for hydroxylation is 2. The molecule has 30 heavy (non-hydrogen) atoms.